The number of hydrogen-bond donors (Lipinski definition) is 7. The second-order valence-electron chi connectivity index (χ2n) is 15.4. The van der Waals surface area contributed by atoms with Gasteiger partial charge in [-0.05, 0) is 56.3 Å². The van der Waals surface area contributed by atoms with Crippen molar-refractivity contribution < 1.29 is 54.1 Å². The van der Waals surface area contributed by atoms with Gasteiger partial charge in [-0.15, -0.1) is 4.99 Å². The number of nitrogens with two attached hydrogens (primary N) is 1. The van der Waals surface area contributed by atoms with Crippen molar-refractivity contribution in [2.24, 2.45) is 46.2 Å². The lowest BCUT2D eigenvalue weighted by Crippen LogP contribution is -2.72. The van der Waals surface area contributed by atoms with E-state index in [9.17, 15) is 35.1 Å². The average Bonchev–Trinajstić information content (AvgIpc) is 3.62. The minimum absolute atomic E-state index is 0.00545. The maximum absolute atomic E-state index is 12.7. The van der Waals surface area contributed by atoms with Gasteiger partial charge in [-0.3, -0.25) is 4.79 Å². The average molecular weight is 757 g/mol. The van der Waals surface area contributed by atoms with Gasteiger partial charge in [0.05, 0.1) is 36.4 Å². The van der Waals surface area contributed by atoms with Crippen LogP contribution in [0.2, 0.25) is 0 Å². The molecule has 14 nitrogen and oxygen atoms in total. The van der Waals surface area contributed by atoms with Crippen molar-refractivity contribution in [1.29, 1.82) is 0 Å². The minimum atomic E-state index is -2.00. The molecule has 13 unspecified atom stereocenters. The number of rotatable bonds is 7. The number of primary amides is 1. The summed E-state index contributed by atoms with van der Waals surface area (Å²) >= 11 is 0. The van der Waals surface area contributed by atoms with Crippen LogP contribution in [0.5, 0.6) is 0 Å². The number of β-amino-alcohol motifs (C(OH)–C–C–N with tert-alkyl or cyclic N) is 1. The van der Waals surface area contributed by atoms with Gasteiger partial charge in [-0.2, -0.15) is 0 Å². The van der Waals surface area contributed by atoms with Crippen LogP contribution in [-0.2, 0) is 28.5 Å². The van der Waals surface area contributed by atoms with Gasteiger partial charge in [0.2, 0.25) is 5.91 Å². The van der Waals surface area contributed by atoms with E-state index in [4.69, 9.17) is 24.7 Å². The van der Waals surface area contributed by atoms with Crippen LogP contribution in [0.15, 0.2) is 16.6 Å². The van der Waals surface area contributed by atoms with Gasteiger partial charge in [-0.1, -0.05) is 35.4 Å². The third-order valence-corrected chi connectivity index (χ3v) is 14.1. The maximum Gasteiger partial charge on any atom is 0.335 e. The van der Waals surface area contributed by atoms with Gasteiger partial charge < -0.3 is 55.5 Å². The van der Waals surface area contributed by atoms with E-state index in [2.05, 4.69) is 24.2 Å². The normalized spacial score (nSPS) is 45.4. The second kappa shape index (κ2) is 16.9. The number of nitrogens with zero attached hydrogens (tertiary/aromatic N) is 1. The maximum atomic E-state index is 12.7. The van der Waals surface area contributed by atoms with E-state index in [0.29, 0.717) is 45.1 Å². The summed E-state index contributed by atoms with van der Waals surface area (Å²) in [5.41, 5.74) is 4.97. The number of carboxylic acids is 1. The van der Waals surface area contributed by atoms with E-state index in [-0.39, 0.29) is 54.6 Å². The summed E-state index contributed by atoms with van der Waals surface area (Å²) < 4.78 is 24.8. The Morgan fingerprint density at radius 3 is 2.51 bits per heavy atom. The summed E-state index contributed by atoms with van der Waals surface area (Å²) in [4.78, 5) is 29.3. The van der Waals surface area contributed by atoms with Crippen molar-refractivity contribution in [3.05, 3.63) is 18.2 Å². The fraction of sp³-hybridized carbons (Fsp3) is 0.829. The van der Waals surface area contributed by atoms with Crippen LogP contribution >= 0.6 is 21.6 Å². The Morgan fingerprint density at radius 2 is 1.84 bits per heavy atom. The number of carboxylic acid groups (broad SMARTS) is 1. The molecule has 16 heteroatoms. The molecule has 8 N–H and O–H groups in total. The third-order valence-electron chi connectivity index (χ3n) is 12.0. The van der Waals surface area contributed by atoms with E-state index in [0.717, 1.165) is 11.3 Å². The first-order valence-electron chi connectivity index (χ1n) is 18.3. The van der Waals surface area contributed by atoms with Crippen molar-refractivity contribution in [3.63, 3.8) is 0 Å². The van der Waals surface area contributed by atoms with Crippen LogP contribution in [0, 0.1) is 42.1 Å². The van der Waals surface area contributed by atoms with Crippen molar-refractivity contribution in [1.82, 2.24) is 5.32 Å². The van der Waals surface area contributed by atoms with E-state index in [1.54, 1.807) is 17.3 Å². The smallest absolute Gasteiger partial charge is 0.335 e. The zero-order valence-electron chi connectivity index (χ0n) is 29.2. The summed E-state index contributed by atoms with van der Waals surface area (Å²) in [5.74, 6) is -1.36. The fourth-order valence-electron chi connectivity index (χ4n) is 9.20. The molecule has 0 aromatic carbocycles. The highest BCUT2D eigenvalue weighted by atomic mass is 33.1. The second-order valence-corrected chi connectivity index (χ2v) is 17.9. The SMILES string of the molecule is CC(C)C1CNCC2(O)C(OC3CCC4C(C3)OC(C(N)=O)C(C3CCC(O)CC3)C4O)OC(C(=O)O)C(O)C2OCSSCC1C1=C[CH+]N=C1. The fourth-order valence-corrected chi connectivity index (χ4v) is 11.3. The number of carbonyl (C=O) groups is 2. The first-order valence-corrected chi connectivity index (χ1v) is 20.8. The molecule has 0 radical (unpaired) electrons. The first kappa shape index (κ1) is 39.3. The predicted octanol–water partition coefficient (Wildman–Crippen LogP) is 1.24. The zero-order chi connectivity index (χ0) is 36.4. The molecule has 2 saturated carbocycles. The molecule has 51 heavy (non-hydrogen) atoms. The topological polar surface area (TPSA) is 223 Å². The molecule has 4 aliphatic heterocycles. The lowest BCUT2D eigenvalue weighted by Gasteiger charge is -2.52. The van der Waals surface area contributed by atoms with Crippen molar-refractivity contribution in [2.75, 3.05) is 24.8 Å². The molecule has 0 aromatic heterocycles. The molecule has 0 aromatic rings. The van der Waals surface area contributed by atoms with Gasteiger partial charge in [0.25, 0.3) is 0 Å². The van der Waals surface area contributed by atoms with Crippen LogP contribution in [-0.4, -0.2) is 129 Å². The highest BCUT2D eigenvalue weighted by molar-refractivity contribution is 8.76. The summed E-state index contributed by atoms with van der Waals surface area (Å²) in [5, 5.41) is 58.8. The molecule has 5 fully saturated rings. The third kappa shape index (κ3) is 8.46. The number of nitrogens with one attached hydrogen (secondary N) is 1. The molecule has 6 aliphatic rings. The molecule has 13 atom stereocenters. The van der Waals surface area contributed by atoms with Crippen molar-refractivity contribution >= 4 is 39.7 Å². The van der Waals surface area contributed by atoms with Gasteiger partial charge in [-0.25, -0.2) is 4.79 Å². The summed E-state index contributed by atoms with van der Waals surface area (Å²) in [7, 11) is 3.03. The van der Waals surface area contributed by atoms with E-state index in [1.165, 1.54) is 10.8 Å². The van der Waals surface area contributed by atoms with Crippen molar-refractivity contribution in [3.8, 4) is 0 Å². The van der Waals surface area contributed by atoms with Gasteiger partial charge >= 0.3 is 5.97 Å². The largest absolute Gasteiger partial charge is 0.479 e. The molecular formula is C35H54N3O11S2+. The van der Waals surface area contributed by atoms with Crippen LogP contribution in [0.3, 0.4) is 0 Å². The first-order chi connectivity index (χ1) is 24.4. The highest BCUT2D eigenvalue weighted by Gasteiger charge is 2.60. The number of aliphatic hydroxyl groups is 4. The quantitative estimate of drug-likeness (QED) is 0.144. The number of ether oxygens (including phenoxy) is 4. The number of allylic oxidation sites excluding steroid dienone is 1. The molecule has 4 heterocycles. The molecule has 6 rings (SSSR count). The van der Waals surface area contributed by atoms with Gasteiger partial charge in [0.15, 0.2) is 24.2 Å². The van der Waals surface area contributed by atoms with E-state index < -0.39 is 72.4 Å². The Balaban J connectivity index is 1.20. The Morgan fingerprint density at radius 1 is 1.08 bits per heavy atom. The van der Waals surface area contributed by atoms with Crippen LogP contribution < -0.4 is 11.1 Å². The predicted molar refractivity (Wildman–Crippen MR) is 190 cm³/mol. The highest BCUT2D eigenvalue weighted by Crippen LogP contribution is 2.47. The molecule has 3 saturated heterocycles. The Bertz CT molecular complexity index is 1290. The lowest BCUT2D eigenvalue weighted by atomic mass is 9.66. The van der Waals surface area contributed by atoms with E-state index >= 15 is 0 Å². The molecule has 0 spiro atoms. The number of aliphatic imine (C=N–C) groups is 1. The van der Waals surface area contributed by atoms with Gasteiger partial charge in [0, 0.05) is 37.1 Å². The molecule has 1 amide bonds. The summed E-state index contributed by atoms with van der Waals surface area (Å²) in [6.07, 6.45) is -2.05. The van der Waals surface area contributed by atoms with E-state index in [1.807, 2.05) is 12.3 Å². The van der Waals surface area contributed by atoms with Crippen LogP contribution in [0.25, 0.3) is 0 Å². The van der Waals surface area contributed by atoms with Crippen molar-refractivity contribution in [2.45, 2.75) is 120 Å². The Hall–Kier alpha value is -1.44. The number of aliphatic carboxylic acids is 1. The Labute approximate surface area is 307 Å². The zero-order valence-corrected chi connectivity index (χ0v) is 30.8. The Kier molecular flexibility index (Phi) is 13.0. The number of aliphatic hydroxyl groups excluding tert-OH is 3. The number of fused-ring (bicyclic) bond motifs is 2. The molecule has 0 bridgehead atoms. The monoisotopic (exact) mass is 756 g/mol. The van der Waals surface area contributed by atoms with Gasteiger partial charge in [0.1, 0.15) is 36.4 Å². The molecular weight excluding hydrogens is 703 g/mol. The number of amides is 1. The van der Waals surface area contributed by atoms with Crippen LogP contribution in [0.1, 0.15) is 58.8 Å². The molecule has 2 aliphatic carbocycles. The number of carbonyl (C=O) groups excluding carboxylic acids is 1. The summed E-state index contributed by atoms with van der Waals surface area (Å²) in [6.45, 7) is 6.49. The molecule has 286 valence electrons. The number of hydrogen-bond acceptors (Lipinski definition) is 14. The summed E-state index contributed by atoms with van der Waals surface area (Å²) in [6, 6.07) is 0. The lowest BCUT2D eigenvalue weighted by molar-refractivity contribution is -0.349. The minimum Gasteiger partial charge on any atom is -0.479 e. The van der Waals surface area contributed by atoms with Crippen LogP contribution in [0.4, 0.5) is 0 Å². The standard InChI is InChI=1S/C35H53N3O11S2/c1-17(2)23-13-38-15-35(45)31(46-16-51-50-14-24(23)19-9-10-37-12-19)28(41)30(33(43)44)49-34(35)47-21-7-8-22-25(11-21)48-29(32(36)42)26(27(22)40)18-3-5-20(39)6-4-18/h9-10,12,17-18,20-31,34,38-41,45H,3-8,11,13-16H2,1-2H3,(H2-,36,42,43,44)/p+1.